The normalized spacial score (nSPS) is 34.7. The van der Waals surface area contributed by atoms with Gasteiger partial charge in [0.15, 0.2) is 6.10 Å². The number of rotatable bonds is 26. The molecule has 0 spiro atoms. The molecular weight excluding hydrogens is 1710 g/mol. The van der Waals surface area contributed by atoms with Gasteiger partial charge < -0.3 is 47.4 Å². The van der Waals surface area contributed by atoms with Gasteiger partial charge in [-0.05, 0) is 192 Å². The molecule has 14 fully saturated rings. The van der Waals surface area contributed by atoms with Crippen LogP contribution in [-0.4, -0.2) is 237 Å². The second-order valence-corrected chi connectivity index (χ2v) is 47.8. The highest BCUT2D eigenvalue weighted by Crippen LogP contribution is 2.57. The van der Waals surface area contributed by atoms with Gasteiger partial charge >= 0.3 is 57.9 Å². The number of carbonyl (C=O) groups is 8. The van der Waals surface area contributed by atoms with E-state index < -0.39 is 188 Å². The monoisotopic (exact) mass is 1830 g/mol. The first-order valence-electron chi connectivity index (χ1n) is 41.7. The van der Waals surface area contributed by atoms with Gasteiger partial charge in [0.25, 0.3) is 50.6 Å². The molecule has 8 aliphatic heterocycles. The summed E-state index contributed by atoms with van der Waals surface area (Å²) in [6.45, 7) is 33.1. The van der Waals surface area contributed by atoms with Crippen molar-refractivity contribution in [3.8, 4) is 0 Å². The van der Waals surface area contributed by atoms with Crippen molar-refractivity contribution in [2.75, 3.05) is 38.8 Å². The van der Waals surface area contributed by atoms with Crippen molar-refractivity contribution in [2.24, 2.45) is 62.1 Å². The number of hydrogen-bond acceptors (Lipinski definition) is 36. The fraction of sp³-hybridized carbons (Fsp3) is 0.897. The SMILES string of the molecule is CCC(C)(C)C(=O)OC1C2CC3C(O2)C1OS3(=O)=O.CCC(C)(C)C(=O)OC1C2CCCC2OS1(=O)=O.CCC(C)(C)C(=O)OC1CCC2CC1OS2(=O)=O.CCC(C)(C)C(=O)OC1COS(=O)(=O)C1.CCC(C)(C)C(=O)OCCOC(=O)CC(=O)OC1C2CC3C1OS(=O)(=O)C3C2.CCC(C)(C)C(=O)OCCOC1C2CC3C1OS(=O)(=O)C3C2. The molecule has 22 atom stereocenters. The third-order valence-corrected chi connectivity index (χ3v) is 36.4. The first kappa shape index (κ1) is 98.9. The fourth-order valence-electron chi connectivity index (χ4n) is 16.3. The van der Waals surface area contributed by atoms with Crippen LogP contribution in [0.4, 0.5) is 0 Å². The van der Waals surface area contributed by atoms with Crippen LogP contribution in [0.5, 0.6) is 0 Å². The van der Waals surface area contributed by atoms with Gasteiger partial charge in [0.05, 0.1) is 73.2 Å². The van der Waals surface area contributed by atoms with Crippen molar-refractivity contribution >= 4 is 108 Å². The Hall–Kier alpha value is -4.86. The van der Waals surface area contributed by atoms with E-state index in [1.54, 1.807) is 55.4 Å². The summed E-state index contributed by atoms with van der Waals surface area (Å²) in [4.78, 5) is 95.0. The molecular formula is C78H124O36S6. The molecule has 8 heterocycles. The maximum atomic E-state index is 12.1. The van der Waals surface area contributed by atoms with Gasteiger partial charge in [0, 0.05) is 23.7 Å². The predicted molar refractivity (Wildman–Crippen MR) is 422 cm³/mol. The van der Waals surface area contributed by atoms with E-state index in [4.69, 9.17) is 68.3 Å². The molecule has 36 nitrogen and oxygen atoms in total. The zero-order valence-electron chi connectivity index (χ0n) is 71.8. The standard InChI is InChI=1S/C18H26O9S.C15H24O6S.C12H18O6S.2C12H20O5S.C9H16O5S/c1-4-18(2,3)17(21)25-6-5-24-13(19)9-14(20)26-15-10-7-11-12(8-10)28(22,23)27-16(11)15;1-4-15(2,3)14(16)20-6-5-19-12-9-7-10-11(8-9)22(17,18)21-13(10)12;1-4-12(2,3)11(13)17-8-6-5-7-9(16-6)10(8)18-19(7,14)15;1-4-12(2,3)11(13)16-9-6-5-8-7-10(9)17-18(8,14)15;1-4-12(2,3)11(13)16-10-8-6-5-7-9(8)17-18(10,14)15;1-4-9(2,3)8(10)14-7-5-13-15(11,12)6-7/h10-12,15-16H,4-9H2,1-3H3;9-13H,4-8H2,1-3H3;6-10H,4-5H2,1-3H3;2*8-10H,4-7H2,1-3H3;7H,4-6H2,1-3H3. The van der Waals surface area contributed by atoms with Gasteiger partial charge in [-0.15, -0.1) is 0 Å². The summed E-state index contributed by atoms with van der Waals surface area (Å²) in [5.41, 5.74) is -4.56. The Kier molecular flexibility index (Phi) is 31.0. The molecule has 22 unspecified atom stereocenters. The molecule has 14 aliphatic rings. The molecule has 0 aromatic carbocycles. The minimum absolute atomic E-state index is 0.0569. The molecule has 120 heavy (non-hydrogen) atoms. The lowest BCUT2D eigenvalue weighted by molar-refractivity contribution is -0.166. The first-order chi connectivity index (χ1) is 55.4. The number of ether oxygens (including phenoxy) is 10. The summed E-state index contributed by atoms with van der Waals surface area (Å²) >= 11 is 0. The van der Waals surface area contributed by atoms with Gasteiger partial charge in [0.2, 0.25) is 5.44 Å². The van der Waals surface area contributed by atoms with Crippen LogP contribution in [0.1, 0.15) is 240 Å². The van der Waals surface area contributed by atoms with Gasteiger partial charge in [-0.3, -0.25) is 63.5 Å². The second kappa shape index (κ2) is 37.6. The third kappa shape index (κ3) is 22.4. The van der Waals surface area contributed by atoms with Crippen LogP contribution in [0.15, 0.2) is 0 Å². The van der Waals surface area contributed by atoms with Gasteiger partial charge in [-0.25, -0.2) is 0 Å². The summed E-state index contributed by atoms with van der Waals surface area (Å²) in [6.07, 6.45) is 4.45. The van der Waals surface area contributed by atoms with Crippen LogP contribution in [0.3, 0.4) is 0 Å². The minimum Gasteiger partial charge on any atom is -0.463 e. The van der Waals surface area contributed by atoms with Crippen LogP contribution in [0.2, 0.25) is 0 Å². The highest BCUT2D eigenvalue weighted by atomic mass is 32.2. The molecule has 0 amide bonds. The van der Waals surface area contributed by atoms with E-state index in [1.807, 2.05) is 69.2 Å². The van der Waals surface area contributed by atoms with E-state index in [1.165, 1.54) is 0 Å². The highest BCUT2D eigenvalue weighted by Gasteiger charge is 2.69. The number of esters is 8. The van der Waals surface area contributed by atoms with E-state index in [0.717, 1.165) is 25.7 Å². The van der Waals surface area contributed by atoms with Crippen LogP contribution in [0.25, 0.3) is 0 Å². The maximum Gasteiger partial charge on any atom is 0.317 e. The Morgan fingerprint density at radius 3 is 1.32 bits per heavy atom. The Labute approximate surface area is 706 Å². The average molecular weight is 1830 g/mol. The Bertz CT molecular complexity index is 4480. The van der Waals surface area contributed by atoms with Crippen LogP contribution < -0.4 is 0 Å². The number of hydrogen-bond donors (Lipinski definition) is 0. The predicted octanol–water partition coefficient (Wildman–Crippen LogP) is 7.17. The van der Waals surface area contributed by atoms with Gasteiger partial charge in [-0.1, -0.05) is 48.0 Å². The highest BCUT2D eigenvalue weighted by molar-refractivity contribution is 7.89. The Balaban J connectivity index is 0.000000166. The summed E-state index contributed by atoms with van der Waals surface area (Å²) in [7, 11) is -21.2. The molecule has 688 valence electrons. The smallest absolute Gasteiger partial charge is 0.317 e. The van der Waals surface area contributed by atoms with E-state index in [0.29, 0.717) is 83.5 Å². The number of carbonyl (C=O) groups excluding carboxylic acids is 8. The van der Waals surface area contributed by atoms with E-state index in [2.05, 4.69) is 4.18 Å². The quantitative estimate of drug-likeness (QED) is 0.0272. The Morgan fingerprint density at radius 1 is 0.358 bits per heavy atom. The van der Waals surface area contributed by atoms with Gasteiger partial charge in [-0.2, -0.15) is 50.5 Å². The molecule has 6 saturated carbocycles. The molecule has 6 aliphatic carbocycles. The lowest BCUT2D eigenvalue weighted by atomic mass is 9.89. The third-order valence-electron chi connectivity index (χ3n) is 26.6. The van der Waals surface area contributed by atoms with Crippen LogP contribution in [-0.2, 0) is 172 Å². The topological polar surface area (TPSA) is 489 Å². The summed E-state index contributed by atoms with van der Waals surface area (Å²) in [5.74, 6) is -3.93. The first-order valence-corrected chi connectivity index (χ1v) is 50.6. The molecule has 14 rings (SSSR count). The van der Waals surface area contributed by atoms with Crippen molar-refractivity contribution in [2.45, 2.75) is 340 Å². The van der Waals surface area contributed by atoms with E-state index in [9.17, 15) is 88.9 Å². The molecule has 0 aromatic rings. The molecule has 8 saturated heterocycles. The van der Waals surface area contributed by atoms with Crippen molar-refractivity contribution in [3.63, 3.8) is 0 Å². The van der Waals surface area contributed by atoms with Crippen molar-refractivity contribution in [1.82, 2.24) is 0 Å². The average Bonchev–Trinajstić information content (AvgIpc) is 1.56. The number of fused-ring (bicyclic) bond motifs is 6. The van der Waals surface area contributed by atoms with Crippen molar-refractivity contribution in [3.05, 3.63) is 0 Å². The van der Waals surface area contributed by atoms with Crippen LogP contribution in [0, 0.1) is 62.1 Å². The Morgan fingerprint density at radius 2 is 0.808 bits per heavy atom. The fourth-order valence-corrected chi connectivity index (χ4v) is 25.9. The lowest BCUT2D eigenvalue weighted by Crippen LogP contribution is -2.43. The summed E-state index contributed by atoms with van der Waals surface area (Å²) in [5, 5.41) is -1.82. The minimum atomic E-state index is -3.75. The molecule has 0 radical (unpaired) electrons. The van der Waals surface area contributed by atoms with Crippen molar-refractivity contribution < 1.29 is 161 Å². The van der Waals surface area contributed by atoms with Gasteiger partial charge in [0.1, 0.15) is 92.7 Å². The summed E-state index contributed by atoms with van der Waals surface area (Å²) in [6, 6.07) is 0. The molecule has 8 bridgehead atoms. The van der Waals surface area contributed by atoms with E-state index in [-0.39, 0.29) is 128 Å². The van der Waals surface area contributed by atoms with E-state index >= 15 is 0 Å². The maximum absolute atomic E-state index is 12.1. The zero-order valence-corrected chi connectivity index (χ0v) is 76.7. The molecule has 0 N–H and O–H groups in total. The van der Waals surface area contributed by atoms with Crippen LogP contribution >= 0.6 is 0 Å². The zero-order chi connectivity index (χ0) is 89.6. The second-order valence-electron chi connectivity index (χ2n) is 37.2. The molecule has 42 heteroatoms. The lowest BCUT2D eigenvalue weighted by Gasteiger charge is -2.29. The molecule has 0 aromatic heterocycles. The largest absolute Gasteiger partial charge is 0.463 e. The van der Waals surface area contributed by atoms with Crippen molar-refractivity contribution in [1.29, 1.82) is 0 Å². The summed E-state index contributed by atoms with van der Waals surface area (Å²) < 4.78 is 223.